The molecule has 0 aliphatic carbocycles. The zero-order valence-corrected chi connectivity index (χ0v) is 8.71. The van der Waals surface area contributed by atoms with Crippen LogP contribution >= 0.6 is 0 Å². The summed E-state index contributed by atoms with van der Waals surface area (Å²) in [7, 11) is -3.93. The molecule has 0 saturated carbocycles. The van der Waals surface area contributed by atoms with Crippen LogP contribution in [-0.4, -0.2) is 13.0 Å². The SMILES string of the molecule is C=C(C)c1ccc(CS(=O)(=O)O)cc1. The van der Waals surface area contributed by atoms with Crippen LogP contribution in [0.2, 0.25) is 0 Å². The number of benzene rings is 1. The molecule has 76 valence electrons. The summed E-state index contributed by atoms with van der Waals surface area (Å²) in [4.78, 5) is 0. The molecule has 1 aromatic rings. The first-order chi connectivity index (χ1) is 6.38. The highest BCUT2D eigenvalue weighted by Crippen LogP contribution is 2.13. The first-order valence-electron chi connectivity index (χ1n) is 4.08. The van der Waals surface area contributed by atoms with E-state index in [1.54, 1.807) is 24.3 Å². The lowest BCUT2D eigenvalue weighted by molar-refractivity contribution is 0.482. The van der Waals surface area contributed by atoms with Crippen LogP contribution in [-0.2, 0) is 15.9 Å². The first kappa shape index (κ1) is 10.9. The van der Waals surface area contributed by atoms with E-state index in [-0.39, 0.29) is 5.75 Å². The summed E-state index contributed by atoms with van der Waals surface area (Å²) in [6.45, 7) is 5.63. The van der Waals surface area contributed by atoms with Gasteiger partial charge in [-0.2, -0.15) is 8.42 Å². The van der Waals surface area contributed by atoms with Crippen LogP contribution in [0.3, 0.4) is 0 Å². The Hall–Kier alpha value is -1.13. The summed E-state index contributed by atoms with van der Waals surface area (Å²) in [6.07, 6.45) is 0. The second-order valence-corrected chi connectivity index (χ2v) is 4.66. The van der Waals surface area contributed by atoms with Crippen LogP contribution < -0.4 is 0 Å². The number of allylic oxidation sites excluding steroid dienone is 1. The number of rotatable bonds is 3. The fourth-order valence-corrected chi connectivity index (χ4v) is 1.71. The summed E-state index contributed by atoms with van der Waals surface area (Å²) in [5, 5.41) is 0. The molecule has 1 aromatic carbocycles. The van der Waals surface area contributed by atoms with E-state index >= 15 is 0 Å². The van der Waals surface area contributed by atoms with E-state index in [0.717, 1.165) is 11.1 Å². The zero-order valence-electron chi connectivity index (χ0n) is 7.90. The van der Waals surface area contributed by atoms with E-state index < -0.39 is 10.1 Å². The Bertz CT molecular complexity index is 429. The molecular formula is C10H12O3S. The zero-order chi connectivity index (χ0) is 10.8. The van der Waals surface area contributed by atoms with Crippen LogP contribution in [0.15, 0.2) is 30.8 Å². The average Bonchev–Trinajstić information content (AvgIpc) is 2.02. The van der Waals surface area contributed by atoms with Crippen molar-refractivity contribution in [2.75, 3.05) is 0 Å². The van der Waals surface area contributed by atoms with Crippen molar-refractivity contribution < 1.29 is 13.0 Å². The summed E-state index contributed by atoms with van der Waals surface area (Å²) in [6, 6.07) is 6.89. The molecule has 1 rings (SSSR count). The van der Waals surface area contributed by atoms with Crippen molar-refractivity contribution in [1.82, 2.24) is 0 Å². The molecule has 0 bridgehead atoms. The van der Waals surface area contributed by atoms with Gasteiger partial charge in [-0.3, -0.25) is 4.55 Å². The van der Waals surface area contributed by atoms with Gasteiger partial charge in [0.25, 0.3) is 10.1 Å². The molecule has 4 heteroatoms. The van der Waals surface area contributed by atoms with Crippen molar-refractivity contribution in [3.05, 3.63) is 42.0 Å². The fraction of sp³-hybridized carbons (Fsp3) is 0.200. The lowest BCUT2D eigenvalue weighted by Crippen LogP contribution is -2.01. The van der Waals surface area contributed by atoms with Gasteiger partial charge in [0.15, 0.2) is 0 Å². The maximum absolute atomic E-state index is 10.6. The second-order valence-electron chi connectivity index (χ2n) is 3.20. The standard InChI is InChI=1S/C10H12O3S/c1-8(2)10-5-3-9(4-6-10)7-14(11,12)13/h3-6H,1,7H2,2H3,(H,11,12,13). The van der Waals surface area contributed by atoms with Gasteiger partial charge in [-0.1, -0.05) is 36.4 Å². The predicted octanol–water partition coefficient (Wildman–Crippen LogP) is 2.11. The van der Waals surface area contributed by atoms with Crippen molar-refractivity contribution in [2.45, 2.75) is 12.7 Å². The van der Waals surface area contributed by atoms with E-state index in [0.29, 0.717) is 5.56 Å². The van der Waals surface area contributed by atoms with Gasteiger partial charge < -0.3 is 0 Å². The van der Waals surface area contributed by atoms with Crippen molar-refractivity contribution in [2.24, 2.45) is 0 Å². The molecule has 0 atom stereocenters. The smallest absolute Gasteiger partial charge is 0.269 e. The minimum Gasteiger partial charge on any atom is -0.285 e. The van der Waals surface area contributed by atoms with Crippen molar-refractivity contribution in [1.29, 1.82) is 0 Å². The van der Waals surface area contributed by atoms with Crippen LogP contribution in [0.25, 0.3) is 5.57 Å². The Kier molecular flexibility index (Phi) is 3.08. The molecule has 0 unspecified atom stereocenters. The second kappa shape index (κ2) is 3.94. The lowest BCUT2D eigenvalue weighted by atomic mass is 10.1. The molecule has 0 aromatic heterocycles. The van der Waals surface area contributed by atoms with Gasteiger partial charge in [-0.05, 0) is 18.1 Å². The maximum atomic E-state index is 10.6. The first-order valence-corrected chi connectivity index (χ1v) is 5.69. The van der Waals surface area contributed by atoms with E-state index in [1.165, 1.54) is 0 Å². The Labute approximate surface area is 83.8 Å². The normalized spacial score (nSPS) is 11.3. The minimum absolute atomic E-state index is 0.344. The number of hydrogen-bond donors (Lipinski definition) is 1. The van der Waals surface area contributed by atoms with Crippen molar-refractivity contribution in [3.63, 3.8) is 0 Å². The van der Waals surface area contributed by atoms with Gasteiger partial charge in [-0.15, -0.1) is 0 Å². The highest BCUT2D eigenvalue weighted by atomic mass is 32.2. The fourth-order valence-electron chi connectivity index (χ4n) is 1.10. The quantitative estimate of drug-likeness (QED) is 0.781. The molecule has 0 fully saturated rings. The molecule has 0 aliphatic heterocycles. The molecule has 3 nitrogen and oxygen atoms in total. The maximum Gasteiger partial charge on any atom is 0.269 e. The van der Waals surface area contributed by atoms with Crippen LogP contribution in [0, 0.1) is 0 Å². The Morgan fingerprint density at radius 2 is 1.86 bits per heavy atom. The molecule has 0 heterocycles. The molecule has 14 heavy (non-hydrogen) atoms. The van der Waals surface area contributed by atoms with E-state index in [1.807, 2.05) is 6.92 Å². The topological polar surface area (TPSA) is 54.4 Å². The van der Waals surface area contributed by atoms with Gasteiger partial charge in [0.2, 0.25) is 0 Å². The summed E-state index contributed by atoms with van der Waals surface area (Å²) >= 11 is 0. The molecular weight excluding hydrogens is 200 g/mol. The largest absolute Gasteiger partial charge is 0.285 e. The molecule has 0 aliphatic rings. The summed E-state index contributed by atoms with van der Waals surface area (Å²) in [5.41, 5.74) is 2.45. The van der Waals surface area contributed by atoms with E-state index in [4.69, 9.17) is 4.55 Å². The van der Waals surface area contributed by atoms with Crippen LogP contribution in [0.4, 0.5) is 0 Å². The van der Waals surface area contributed by atoms with Gasteiger partial charge in [0.1, 0.15) is 5.75 Å². The molecule has 0 radical (unpaired) electrons. The minimum atomic E-state index is -3.93. The monoisotopic (exact) mass is 212 g/mol. The Morgan fingerprint density at radius 1 is 1.36 bits per heavy atom. The van der Waals surface area contributed by atoms with Gasteiger partial charge in [0.05, 0.1) is 0 Å². The summed E-state index contributed by atoms with van der Waals surface area (Å²) < 4.78 is 29.7. The molecule has 0 saturated heterocycles. The highest BCUT2D eigenvalue weighted by Gasteiger charge is 2.05. The third-order valence-electron chi connectivity index (χ3n) is 1.80. The van der Waals surface area contributed by atoms with Gasteiger partial charge >= 0.3 is 0 Å². The average molecular weight is 212 g/mol. The third kappa shape index (κ3) is 3.32. The van der Waals surface area contributed by atoms with Crippen LogP contribution in [0.1, 0.15) is 18.1 Å². The highest BCUT2D eigenvalue weighted by molar-refractivity contribution is 7.85. The van der Waals surface area contributed by atoms with Gasteiger partial charge in [0, 0.05) is 0 Å². The lowest BCUT2D eigenvalue weighted by Gasteiger charge is -2.01. The van der Waals surface area contributed by atoms with Crippen molar-refractivity contribution in [3.8, 4) is 0 Å². The third-order valence-corrected chi connectivity index (χ3v) is 2.49. The molecule has 1 N–H and O–H groups in total. The summed E-state index contributed by atoms with van der Waals surface area (Å²) in [5.74, 6) is -0.344. The molecule has 0 spiro atoms. The van der Waals surface area contributed by atoms with Gasteiger partial charge in [-0.25, -0.2) is 0 Å². The van der Waals surface area contributed by atoms with E-state index in [2.05, 4.69) is 6.58 Å². The molecule has 0 amide bonds. The Morgan fingerprint density at radius 3 is 2.21 bits per heavy atom. The van der Waals surface area contributed by atoms with Crippen LogP contribution in [0.5, 0.6) is 0 Å². The predicted molar refractivity (Wildman–Crippen MR) is 56.4 cm³/mol. The van der Waals surface area contributed by atoms with Crippen molar-refractivity contribution >= 4 is 15.7 Å². The Balaban J connectivity index is 2.90. The van der Waals surface area contributed by atoms with E-state index in [9.17, 15) is 8.42 Å². The number of hydrogen-bond acceptors (Lipinski definition) is 2.